The Balaban J connectivity index is 1.42. The van der Waals surface area contributed by atoms with Gasteiger partial charge in [0.2, 0.25) is 33.6 Å². The zero-order valence-electron chi connectivity index (χ0n) is 28.6. The fourth-order valence-corrected chi connectivity index (χ4v) is 7.59. The number of benzene rings is 1. The van der Waals surface area contributed by atoms with Crippen LogP contribution in [0.25, 0.3) is 10.8 Å². The molecule has 49 heavy (non-hydrogen) atoms. The van der Waals surface area contributed by atoms with Gasteiger partial charge >= 0.3 is 0 Å². The van der Waals surface area contributed by atoms with Crippen molar-refractivity contribution in [3.63, 3.8) is 0 Å². The summed E-state index contributed by atoms with van der Waals surface area (Å²) >= 11 is 0. The van der Waals surface area contributed by atoms with Crippen LogP contribution in [0.3, 0.4) is 0 Å². The van der Waals surface area contributed by atoms with Gasteiger partial charge in [0, 0.05) is 35.9 Å². The Kier molecular flexibility index (Phi) is 9.84. The Bertz CT molecular complexity index is 1800. The molecular weight excluding hydrogens is 650 g/mol. The van der Waals surface area contributed by atoms with E-state index < -0.39 is 68.1 Å². The summed E-state index contributed by atoms with van der Waals surface area (Å²) in [5, 5.41) is 6.53. The third-order valence-corrected chi connectivity index (χ3v) is 10.9. The van der Waals surface area contributed by atoms with Gasteiger partial charge in [0.25, 0.3) is 5.91 Å². The minimum Gasteiger partial charge on any atom is -0.497 e. The number of amides is 4. The number of nitrogens with zero attached hydrogens (tertiary/aromatic N) is 2. The number of methoxy groups -OCH3 is 1. The van der Waals surface area contributed by atoms with Crippen molar-refractivity contribution in [2.24, 2.45) is 11.8 Å². The maximum absolute atomic E-state index is 14.2. The second kappa shape index (κ2) is 13.4. The van der Waals surface area contributed by atoms with Crippen molar-refractivity contribution >= 4 is 44.4 Å². The monoisotopic (exact) mass is 695 g/mol. The van der Waals surface area contributed by atoms with E-state index in [1.807, 2.05) is 39.0 Å². The summed E-state index contributed by atoms with van der Waals surface area (Å²) in [6, 6.07) is 6.12. The molecule has 1 aromatic carbocycles. The van der Waals surface area contributed by atoms with E-state index in [0.717, 1.165) is 5.39 Å². The molecule has 13 nitrogen and oxygen atoms in total. The van der Waals surface area contributed by atoms with E-state index in [9.17, 15) is 27.6 Å². The Morgan fingerprint density at radius 3 is 2.49 bits per heavy atom. The van der Waals surface area contributed by atoms with Crippen LogP contribution in [0.1, 0.15) is 59.8 Å². The third-order valence-electron chi connectivity index (χ3n) is 9.11. The van der Waals surface area contributed by atoms with Gasteiger partial charge in [-0.1, -0.05) is 18.2 Å². The van der Waals surface area contributed by atoms with E-state index >= 15 is 0 Å². The van der Waals surface area contributed by atoms with Crippen LogP contribution >= 0.6 is 0 Å². The molecule has 0 unspecified atom stereocenters. The zero-order valence-corrected chi connectivity index (χ0v) is 29.4. The largest absolute Gasteiger partial charge is 0.497 e. The highest BCUT2D eigenvalue weighted by atomic mass is 32.2. The molecule has 2 heterocycles. The molecule has 5 rings (SSSR count). The molecule has 5 atom stereocenters. The lowest BCUT2D eigenvalue weighted by atomic mass is 9.94. The van der Waals surface area contributed by atoms with E-state index in [-0.39, 0.29) is 31.7 Å². The van der Waals surface area contributed by atoms with Crippen LogP contribution in [0.2, 0.25) is 0 Å². The molecule has 3 aliphatic rings. The van der Waals surface area contributed by atoms with Gasteiger partial charge in [0.05, 0.1) is 24.8 Å². The Labute approximate surface area is 286 Å². The molecule has 1 aliphatic heterocycles. The third kappa shape index (κ3) is 7.90. The maximum atomic E-state index is 14.2. The second-order valence-corrected chi connectivity index (χ2v) is 16.2. The number of hydrogen-bond donors (Lipinski definition) is 3. The minimum absolute atomic E-state index is 0.0179. The molecule has 0 radical (unpaired) electrons. The first-order chi connectivity index (χ1) is 23.0. The Hall–Kier alpha value is -4.46. The van der Waals surface area contributed by atoms with E-state index in [2.05, 4.69) is 33.5 Å². The zero-order chi connectivity index (χ0) is 35.9. The lowest BCUT2D eigenvalue weighted by Crippen LogP contribution is -2.57. The van der Waals surface area contributed by atoms with E-state index in [1.165, 1.54) is 11.0 Å². The van der Waals surface area contributed by atoms with Crippen molar-refractivity contribution in [1.29, 1.82) is 0 Å². The van der Waals surface area contributed by atoms with Crippen LogP contribution in [0.15, 0.2) is 55.3 Å². The lowest BCUT2D eigenvalue weighted by Gasteiger charge is -2.30. The number of rotatable bonds is 13. The first-order valence-corrected chi connectivity index (χ1v) is 17.9. The predicted octanol–water partition coefficient (Wildman–Crippen LogP) is 2.76. The van der Waals surface area contributed by atoms with Crippen molar-refractivity contribution in [3.05, 3.63) is 55.3 Å². The molecule has 2 saturated carbocycles. The lowest BCUT2D eigenvalue weighted by molar-refractivity contribution is -0.143. The first-order valence-electron chi connectivity index (χ1n) is 16.3. The van der Waals surface area contributed by atoms with Gasteiger partial charge in [-0.25, -0.2) is 13.4 Å². The molecular formula is C35H45N5O8S. The number of ether oxygens (including phenoxy) is 2. The van der Waals surface area contributed by atoms with Crippen LogP contribution in [0.5, 0.6) is 11.6 Å². The predicted molar refractivity (Wildman–Crippen MR) is 183 cm³/mol. The fraction of sp³-hybridized carbons (Fsp3) is 0.514. The van der Waals surface area contributed by atoms with Gasteiger partial charge in [-0.2, -0.15) is 0 Å². The highest BCUT2D eigenvalue weighted by Crippen LogP contribution is 2.45. The number of carbonyl (C=O) groups is 4. The number of likely N-dealkylation sites (tertiary alicyclic amines) is 1. The van der Waals surface area contributed by atoms with Crippen LogP contribution in [0, 0.1) is 11.8 Å². The van der Waals surface area contributed by atoms with Crippen molar-refractivity contribution in [1.82, 2.24) is 25.2 Å². The molecule has 0 bridgehead atoms. The number of hydrogen-bond acceptors (Lipinski definition) is 9. The topological polar surface area (TPSA) is 173 Å². The summed E-state index contributed by atoms with van der Waals surface area (Å²) < 4.78 is 39.1. The van der Waals surface area contributed by atoms with E-state index in [0.29, 0.717) is 35.4 Å². The van der Waals surface area contributed by atoms with Crippen LogP contribution < -0.4 is 24.8 Å². The standard InChI is InChI=1S/C35H45N5O8S/c1-8-22-18-35(22,33(44)39-49(45,46)25-10-11-25)38-30(42)28-16-24(48-31-26-12-9-23(47-7)15-21(26)13-14-36-31)19-40(28)32(43)27(20(2)3)17-29(41)37-34(4,5)6/h8-9,12-15,22,24-25,27-28H,1-2,10-11,16-19H2,3-7H3,(H,37,41)(H,38,42)(H,39,44)/t22-,24-,27+,28+,35-/m1/s1. The number of fused-ring (bicyclic) bond motifs is 1. The molecule has 0 spiro atoms. The molecule has 3 N–H and O–H groups in total. The van der Waals surface area contributed by atoms with Crippen LogP contribution in [-0.4, -0.2) is 84.1 Å². The molecule has 2 aliphatic carbocycles. The average molecular weight is 696 g/mol. The first kappa shape index (κ1) is 35.8. The summed E-state index contributed by atoms with van der Waals surface area (Å²) in [6.07, 6.45) is 3.33. The summed E-state index contributed by atoms with van der Waals surface area (Å²) in [7, 11) is -2.32. The van der Waals surface area contributed by atoms with Gasteiger partial charge in [0.15, 0.2) is 0 Å². The van der Waals surface area contributed by atoms with Gasteiger partial charge < -0.3 is 25.0 Å². The SMILES string of the molecule is C=C[C@@H]1C[C@]1(NC(=O)[C@@H]1C[C@@H](Oc2nccc3cc(OC)ccc23)CN1C(=O)[C@@H](CC(=O)NC(C)(C)C)C(=C)C)C(=O)NS(=O)(=O)C1CC1. The maximum Gasteiger partial charge on any atom is 0.259 e. The molecule has 1 saturated heterocycles. The number of sulfonamides is 1. The van der Waals surface area contributed by atoms with Gasteiger partial charge in [-0.05, 0) is 76.6 Å². The molecule has 3 fully saturated rings. The molecule has 2 aromatic rings. The summed E-state index contributed by atoms with van der Waals surface area (Å²) in [5.74, 6) is -2.84. The van der Waals surface area contributed by atoms with Gasteiger partial charge in [0.1, 0.15) is 23.4 Å². The minimum atomic E-state index is -3.88. The fourth-order valence-electron chi connectivity index (χ4n) is 6.23. The highest BCUT2D eigenvalue weighted by molar-refractivity contribution is 7.91. The highest BCUT2D eigenvalue weighted by Gasteiger charge is 2.62. The van der Waals surface area contributed by atoms with Crippen molar-refractivity contribution in [2.75, 3.05) is 13.7 Å². The number of aromatic nitrogens is 1. The van der Waals surface area contributed by atoms with Gasteiger partial charge in [-0.15, -0.1) is 6.58 Å². The number of carbonyl (C=O) groups excluding carboxylic acids is 4. The Morgan fingerprint density at radius 2 is 1.90 bits per heavy atom. The number of nitrogens with one attached hydrogen (secondary N) is 3. The second-order valence-electron chi connectivity index (χ2n) is 14.3. The normalized spacial score (nSPS) is 24.0. The van der Waals surface area contributed by atoms with E-state index in [1.54, 1.807) is 26.3 Å². The summed E-state index contributed by atoms with van der Waals surface area (Å²) in [5.41, 5.74) is -1.62. The van der Waals surface area contributed by atoms with Crippen molar-refractivity contribution in [3.8, 4) is 11.6 Å². The molecule has 4 amide bonds. The molecule has 14 heteroatoms. The Morgan fingerprint density at radius 1 is 1.18 bits per heavy atom. The van der Waals surface area contributed by atoms with Crippen molar-refractivity contribution < 1.29 is 37.1 Å². The smallest absolute Gasteiger partial charge is 0.259 e. The van der Waals surface area contributed by atoms with Crippen LogP contribution in [0.4, 0.5) is 0 Å². The van der Waals surface area contributed by atoms with E-state index in [4.69, 9.17) is 9.47 Å². The molecule has 1 aromatic heterocycles. The average Bonchev–Trinajstić information content (AvgIpc) is 3.95. The summed E-state index contributed by atoms with van der Waals surface area (Å²) in [4.78, 5) is 60.5. The summed E-state index contributed by atoms with van der Waals surface area (Å²) in [6.45, 7) is 14.9. The van der Waals surface area contributed by atoms with Crippen LogP contribution in [-0.2, 0) is 29.2 Å². The number of pyridine rings is 1. The van der Waals surface area contributed by atoms with Gasteiger partial charge in [-0.3, -0.25) is 23.9 Å². The van der Waals surface area contributed by atoms with Crippen molar-refractivity contribution in [2.45, 2.75) is 88.3 Å². The quantitative estimate of drug-likeness (QED) is 0.267. The molecule has 264 valence electrons.